The van der Waals surface area contributed by atoms with Crippen molar-refractivity contribution in [2.45, 2.75) is 12.7 Å². The van der Waals surface area contributed by atoms with Crippen molar-refractivity contribution in [2.75, 3.05) is 0 Å². The third-order valence-electron chi connectivity index (χ3n) is 1.65. The van der Waals surface area contributed by atoms with Gasteiger partial charge in [0.15, 0.2) is 9.76 Å². The number of hydrogen-bond acceptors (Lipinski definition) is 3. The van der Waals surface area contributed by atoms with E-state index in [9.17, 15) is 13.2 Å². The van der Waals surface area contributed by atoms with Crippen LogP contribution in [0.4, 0.5) is 13.2 Å². The summed E-state index contributed by atoms with van der Waals surface area (Å²) in [6.45, 7) is -1.92. The molecule has 0 aromatic heterocycles. The Morgan fingerprint density at radius 1 is 1.27 bits per heavy atom. The number of benzene rings is 1. The summed E-state index contributed by atoms with van der Waals surface area (Å²) in [5.74, 6) is 0. The second-order valence-corrected chi connectivity index (χ2v) is 4.27. The van der Waals surface area contributed by atoms with Crippen molar-refractivity contribution in [3.63, 3.8) is 0 Å². The van der Waals surface area contributed by atoms with Crippen molar-refractivity contribution in [1.29, 1.82) is 0 Å². The average Bonchev–Trinajstić information content (AvgIpc) is 2.14. The molecule has 3 nitrogen and oxygen atoms in total. The van der Waals surface area contributed by atoms with Gasteiger partial charge in [0.25, 0.3) is 6.48 Å². The topological polar surface area (TPSA) is 49.7 Å². The van der Waals surface area contributed by atoms with Gasteiger partial charge in [-0.1, -0.05) is 18.2 Å². The lowest BCUT2D eigenvalue weighted by Gasteiger charge is -2.09. The molecule has 0 fully saturated rings. The second kappa shape index (κ2) is 4.75. The fourth-order valence-electron chi connectivity index (χ4n) is 1.01. The maximum absolute atomic E-state index is 12.2. The Bertz CT molecular complexity index is 327. The van der Waals surface area contributed by atoms with E-state index in [4.69, 9.17) is 10.2 Å². The number of rotatable bonds is 3. The summed E-state index contributed by atoms with van der Waals surface area (Å²) in [7, 11) is -1.54. The Kier molecular flexibility index (Phi) is 3.86. The zero-order valence-corrected chi connectivity index (χ0v) is 8.94. The predicted octanol–water partition coefficient (Wildman–Crippen LogP) is -0.301. The van der Waals surface area contributed by atoms with Crippen molar-refractivity contribution < 1.29 is 27.8 Å². The highest BCUT2D eigenvalue weighted by atomic mass is 28.2. The molecular weight excluding hydrogens is 229 g/mol. The highest BCUT2D eigenvalue weighted by molar-refractivity contribution is 6.46. The summed E-state index contributed by atoms with van der Waals surface area (Å²) in [4.78, 5) is 0. The highest BCUT2D eigenvalue weighted by Crippen LogP contribution is 2.27. The summed E-state index contributed by atoms with van der Waals surface area (Å²) in [5, 5.41) is 17.1. The van der Waals surface area contributed by atoms with Crippen molar-refractivity contribution >= 4 is 14.9 Å². The fourth-order valence-corrected chi connectivity index (χ4v) is 1.89. The van der Waals surface area contributed by atoms with Gasteiger partial charge in [0.1, 0.15) is 0 Å². The van der Waals surface area contributed by atoms with Crippen molar-refractivity contribution in [3.8, 4) is 0 Å². The average molecular weight is 238 g/mol. The maximum Gasteiger partial charge on any atom is 0.416 e. The van der Waals surface area contributed by atoms with E-state index in [1.807, 2.05) is 0 Å². The van der Waals surface area contributed by atoms with Crippen LogP contribution >= 0.6 is 0 Å². The van der Waals surface area contributed by atoms with Crippen molar-refractivity contribution in [2.24, 2.45) is 0 Å². The smallest absolute Gasteiger partial charge is 0.373 e. The molecule has 0 bridgehead atoms. The van der Waals surface area contributed by atoms with Crippen LogP contribution in [0.15, 0.2) is 24.3 Å². The van der Waals surface area contributed by atoms with Crippen molar-refractivity contribution in [1.82, 2.24) is 0 Å². The summed E-state index contributed by atoms with van der Waals surface area (Å²) in [6.07, 6.45) is -4.39. The van der Waals surface area contributed by atoms with Crippen LogP contribution in [-0.4, -0.2) is 26.5 Å². The first-order valence-electron chi connectivity index (χ1n) is 4.03. The van der Waals surface area contributed by atoms with Crippen LogP contribution in [0.1, 0.15) is 5.56 Å². The van der Waals surface area contributed by atoms with Crippen LogP contribution in [0, 0.1) is 0 Å². The molecular formula is C8H9F3O3Si. The summed E-state index contributed by atoms with van der Waals surface area (Å²) < 4.78 is 41.2. The molecule has 0 spiro atoms. The van der Waals surface area contributed by atoms with Gasteiger partial charge < -0.3 is 14.6 Å². The van der Waals surface area contributed by atoms with E-state index < -0.39 is 28.0 Å². The molecule has 0 unspecified atom stereocenters. The molecule has 1 aromatic rings. The predicted molar refractivity (Wildman–Crippen MR) is 48.9 cm³/mol. The van der Waals surface area contributed by atoms with Gasteiger partial charge in [0.05, 0.1) is 5.56 Å². The van der Waals surface area contributed by atoms with Crippen LogP contribution < -0.4 is 5.19 Å². The van der Waals surface area contributed by atoms with E-state index in [1.165, 1.54) is 12.1 Å². The number of hydrogen-bond donors (Lipinski definition) is 2. The van der Waals surface area contributed by atoms with Crippen molar-refractivity contribution in [3.05, 3.63) is 29.8 Å². The van der Waals surface area contributed by atoms with Gasteiger partial charge in [-0.25, -0.2) is 0 Å². The summed E-state index contributed by atoms with van der Waals surface area (Å²) >= 11 is 0. The molecule has 0 aliphatic heterocycles. The maximum atomic E-state index is 12.2. The van der Waals surface area contributed by atoms with Crippen LogP contribution in [0.2, 0.25) is 0 Å². The third kappa shape index (κ3) is 4.00. The monoisotopic (exact) mass is 238 g/mol. The van der Waals surface area contributed by atoms with E-state index in [0.717, 1.165) is 12.1 Å². The van der Waals surface area contributed by atoms with Gasteiger partial charge in [-0.3, -0.25) is 0 Å². The molecule has 0 saturated carbocycles. The SMILES string of the molecule is OC(O)O[SiH2]c1cccc(C(F)(F)F)c1. The molecule has 7 heteroatoms. The first kappa shape index (κ1) is 12.2. The van der Waals surface area contributed by atoms with Gasteiger partial charge in [0.2, 0.25) is 0 Å². The molecule has 84 valence electrons. The first-order valence-corrected chi connectivity index (χ1v) is 5.32. The number of halogens is 3. The summed E-state index contributed by atoms with van der Waals surface area (Å²) in [5.41, 5.74) is -0.761. The molecule has 0 atom stereocenters. The lowest BCUT2D eigenvalue weighted by atomic mass is 10.2. The number of aliphatic hydroxyl groups excluding tert-OH is 1. The highest BCUT2D eigenvalue weighted by Gasteiger charge is 2.30. The molecule has 15 heavy (non-hydrogen) atoms. The molecule has 0 heterocycles. The van der Waals surface area contributed by atoms with Crippen LogP contribution in [0.25, 0.3) is 0 Å². The standard InChI is InChI=1S/C8H9F3O3Si/c9-8(10,11)5-2-1-3-6(4-5)15-14-7(12)13/h1-4,7,12-13H,15H2. The van der Waals surface area contributed by atoms with Gasteiger partial charge in [-0.05, 0) is 11.3 Å². The largest absolute Gasteiger partial charge is 0.416 e. The van der Waals surface area contributed by atoms with Crippen LogP contribution in [0.3, 0.4) is 0 Å². The molecule has 0 radical (unpaired) electrons. The molecule has 1 rings (SSSR count). The minimum atomic E-state index is -4.39. The molecule has 0 saturated heterocycles. The second-order valence-electron chi connectivity index (χ2n) is 2.84. The van der Waals surface area contributed by atoms with E-state index in [1.54, 1.807) is 0 Å². The molecule has 0 aliphatic carbocycles. The fraction of sp³-hybridized carbons (Fsp3) is 0.250. The Hall–Kier alpha value is -0.893. The molecule has 0 aliphatic rings. The first-order chi connectivity index (χ1) is 6.89. The van der Waals surface area contributed by atoms with Gasteiger partial charge in [-0.15, -0.1) is 0 Å². The zero-order valence-electron chi connectivity index (χ0n) is 7.53. The normalized spacial score (nSPS) is 12.9. The number of alkyl halides is 3. The molecule has 1 aromatic carbocycles. The lowest BCUT2D eigenvalue weighted by molar-refractivity contribution is -0.179. The van der Waals surface area contributed by atoms with Gasteiger partial charge >= 0.3 is 6.18 Å². The lowest BCUT2D eigenvalue weighted by Crippen LogP contribution is -2.24. The Morgan fingerprint density at radius 2 is 1.93 bits per heavy atom. The van der Waals surface area contributed by atoms with Crippen LogP contribution in [-0.2, 0) is 10.6 Å². The quantitative estimate of drug-likeness (QED) is 0.561. The van der Waals surface area contributed by atoms with E-state index in [-0.39, 0.29) is 0 Å². The zero-order chi connectivity index (χ0) is 11.5. The van der Waals surface area contributed by atoms with E-state index in [2.05, 4.69) is 4.43 Å². The van der Waals surface area contributed by atoms with Gasteiger partial charge in [-0.2, -0.15) is 13.2 Å². The Labute approximate surface area is 86.1 Å². The minimum absolute atomic E-state index is 0.359. The van der Waals surface area contributed by atoms with E-state index in [0.29, 0.717) is 5.19 Å². The molecule has 0 amide bonds. The molecule has 2 N–H and O–H groups in total. The number of aliphatic hydroxyl groups is 2. The summed E-state index contributed by atoms with van der Waals surface area (Å²) in [6, 6.07) is 4.63. The van der Waals surface area contributed by atoms with E-state index >= 15 is 0 Å². The van der Waals surface area contributed by atoms with Crippen LogP contribution in [0.5, 0.6) is 0 Å². The van der Waals surface area contributed by atoms with Gasteiger partial charge in [0, 0.05) is 0 Å². The Balaban J connectivity index is 2.75. The third-order valence-corrected chi connectivity index (χ3v) is 2.89. The minimum Gasteiger partial charge on any atom is -0.373 e. The Morgan fingerprint density at radius 3 is 2.47 bits per heavy atom.